The van der Waals surface area contributed by atoms with Crippen LogP contribution in [-0.4, -0.2) is 122 Å². The maximum absolute atomic E-state index is 13.6. The van der Waals surface area contributed by atoms with Crippen LogP contribution >= 0.6 is 0 Å². The minimum atomic E-state index is -0.163. The van der Waals surface area contributed by atoms with Crippen LogP contribution in [0.25, 0.3) is 0 Å². The summed E-state index contributed by atoms with van der Waals surface area (Å²) >= 11 is 0. The topological polar surface area (TPSA) is 162 Å². The zero-order valence-corrected chi connectivity index (χ0v) is 44.9. The molecule has 1 aliphatic rings. The van der Waals surface area contributed by atoms with Crippen molar-refractivity contribution >= 4 is 23.6 Å². The van der Waals surface area contributed by atoms with E-state index in [-0.39, 0.29) is 170 Å². The Kier molecular flexibility index (Phi) is 32.4. The maximum atomic E-state index is 13.6. The monoisotopic (exact) mass is 1230 g/mol. The minimum Gasteiger partial charge on any atom is -1.00 e. The van der Waals surface area contributed by atoms with E-state index in [2.05, 4.69) is 40.9 Å². The van der Waals surface area contributed by atoms with E-state index in [4.69, 9.17) is 0 Å². The second kappa shape index (κ2) is 33.7. The van der Waals surface area contributed by atoms with Gasteiger partial charge in [0, 0.05) is 52.4 Å². The van der Waals surface area contributed by atoms with Crippen molar-refractivity contribution in [2.75, 3.05) is 78.5 Å². The van der Waals surface area contributed by atoms with Crippen molar-refractivity contribution in [1.82, 2.24) is 40.9 Å². The number of hydrogen-bond donors (Lipinski definition) is 4. The second-order valence-electron chi connectivity index (χ2n) is 15.9. The fourth-order valence-electron chi connectivity index (χ4n) is 7.47. The van der Waals surface area contributed by atoms with Gasteiger partial charge in [-0.25, -0.2) is 0 Å². The SMILES string of the molecule is C[C@H](NC(=O)CN1CCN(CC(=O)N[C@@H](C)c2ccccc2)CCN(CC(=O)N[C@@H](C)c2ccccc2)CCN(CC(=O)N[C@@H](C)c2ccccc2)CC1)c1ccccc1.[Br-].[Br-].[Br-].[Gd+3].[OH3+]. The molecule has 4 aromatic carbocycles. The van der Waals surface area contributed by atoms with Crippen LogP contribution in [0.2, 0.25) is 0 Å². The molecule has 0 aromatic heterocycles. The number of nitrogens with zero attached hydrogens (tertiary/aromatic N) is 4. The van der Waals surface area contributed by atoms with Crippen molar-refractivity contribution in [3.8, 4) is 0 Å². The Morgan fingerprint density at radius 3 is 0.677 bits per heavy atom. The smallest absolute Gasteiger partial charge is 1.00 e. The van der Waals surface area contributed by atoms with Gasteiger partial charge in [0.25, 0.3) is 0 Å². The van der Waals surface area contributed by atoms with E-state index in [9.17, 15) is 19.2 Å². The number of hydrogen-bond acceptors (Lipinski definition) is 8. The summed E-state index contributed by atoms with van der Waals surface area (Å²) < 4.78 is 0. The molecule has 0 spiro atoms. The largest absolute Gasteiger partial charge is 3.00 e. The molecule has 0 unspecified atom stereocenters. The summed E-state index contributed by atoms with van der Waals surface area (Å²) in [4.78, 5) is 62.7. The summed E-state index contributed by atoms with van der Waals surface area (Å²) in [6.45, 7) is 12.8. The number of benzene rings is 4. The van der Waals surface area contributed by atoms with Crippen LogP contribution < -0.4 is 72.2 Å². The zero-order chi connectivity index (χ0) is 42.7. The normalized spacial score (nSPS) is 15.8. The Morgan fingerprint density at radius 2 is 0.523 bits per heavy atom. The fourth-order valence-corrected chi connectivity index (χ4v) is 7.47. The average molecular weight is 1230 g/mol. The van der Waals surface area contributed by atoms with Crippen LogP contribution in [-0.2, 0) is 24.7 Å². The maximum Gasteiger partial charge on any atom is 3.00 e. The summed E-state index contributed by atoms with van der Waals surface area (Å²) in [5, 5.41) is 12.6. The molecule has 7 N–H and O–H groups in total. The summed E-state index contributed by atoms with van der Waals surface area (Å²) in [6.07, 6.45) is 0. The Morgan fingerprint density at radius 1 is 0.369 bits per heavy atom. The molecule has 13 nitrogen and oxygen atoms in total. The molecule has 1 heterocycles. The van der Waals surface area contributed by atoms with E-state index >= 15 is 0 Å². The van der Waals surface area contributed by atoms with Crippen molar-refractivity contribution in [3.05, 3.63) is 144 Å². The first-order valence-electron chi connectivity index (χ1n) is 21.3. The molecule has 0 aliphatic carbocycles. The van der Waals surface area contributed by atoms with Gasteiger partial charge in [-0.05, 0) is 49.9 Å². The quantitative estimate of drug-likeness (QED) is 0.0812. The third kappa shape index (κ3) is 22.8. The Bertz CT molecular complexity index is 1640. The molecule has 1 radical (unpaired) electrons. The summed E-state index contributed by atoms with van der Waals surface area (Å²) in [6, 6.07) is 38.9. The summed E-state index contributed by atoms with van der Waals surface area (Å²) in [5.41, 5.74) is 4.10. The van der Waals surface area contributed by atoms with Gasteiger partial charge in [-0.1, -0.05) is 121 Å². The first kappa shape index (κ1) is 62.3. The average Bonchev–Trinajstić information content (AvgIpc) is 3.25. The van der Waals surface area contributed by atoms with Gasteiger partial charge in [0.1, 0.15) is 0 Å². The Balaban J connectivity index is 0.00000819. The van der Waals surface area contributed by atoms with Crippen LogP contribution in [0.1, 0.15) is 74.1 Å². The van der Waals surface area contributed by atoms with Gasteiger partial charge < -0.3 is 77.7 Å². The van der Waals surface area contributed by atoms with Gasteiger partial charge in [0.15, 0.2) is 0 Å². The molecule has 357 valence electrons. The molecule has 1 saturated heterocycles. The molecule has 0 saturated carbocycles. The number of halogens is 3. The van der Waals surface area contributed by atoms with Crippen LogP contribution in [0.4, 0.5) is 0 Å². The van der Waals surface area contributed by atoms with Crippen molar-refractivity contribution in [2.24, 2.45) is 0 Å². The predicted octanol–water partition coefficient (Wildman–Crippen LogP) is -5.19. The van der Waals surface area contributed by atoms with Gasteiger partial charge in [-0.15, -0.1) is 0 Å². The van der Waals surface area contributed by atoms with Crippen molar-refractivity contribution < 1.29 is 116 Å². The first-order valence-corrected chi connectivity index (χ1v) is 21.3. The van der Waals surface area contributed by atoms with Gasteiger partial charge in [0.2, 0.25) is 23.6 Å². The summed E-state index contributed by atoms with van der Waals surface area (Å²) in [7, 11) is 0. The number of carbonyl (C=O) groups excluding carboxylic acids is 4. The summed E-state index contributed by atoms with van der Waals surface area (Å²) in [5.74, 6) is -0.380. The predicted molar refractivity (Wildman–Crippen MR) is 243 cm³/mol. The van der Waals surface area contributed by atoms with E-state index in [0.29, 0.717) is 52.4 Å². The van der Waals surface area contributed by atoms with E-state index in [1.807, 2.05) is 149 Å². The fraction of sp³-hybridized carbons (Fsp3) is 0.417. The molecule has 0 bridgehead atoms. The molecule has 5 rings (SSSR count). The molecule has 1 fully saturated rings. The van der Waals surface area contributed by atoms with E-state index in [1.54, 1.807) is 0 Å². The Hall–Kier alpha value is -2.68. The van der Waals surface area contributed by atoms with E-state index < -0.39 is 0 Å². The van der Waals surface area contributed by atoms with E-state index in [1.165, 1.54) is 0 Å². The first-order chi connectivity index (χ1) is 29.0. The zero-order valence-electron chi connectivity index (χ0n) is 37.8. The molecular weight excluding hydrogens is 1170 g/mol. The van der Waals surface area contributed by atoms with E-state index in [0.717, 1.165) is 22.3 Å². The Labute approximate surface area is 449 Å². The van der Waals surface area contributed by atoms with Crippen molar-refractivity contribution in [2.45, 2.75) is 51.9 Å². The molecule has 4 amide bonds. The number of rotatable bonds is 16. The van der Waals surface area contributed by atoms with Crippen LogP contribution in [0, 0.1) is 39.9 Å². The minimum absolute atomic E-state index is 0. The molecule has 1 aliphatic heterocycles. The molecule has 65 heavy (non-hydrogen) atoms. The third-order valence-corrected chi connectivity index (χ3v) is 11.1. The van der Waals surface area contributed by atoms with Crippen LogP contribution in [0.3, 0.4) is 0 Å². The van der Waals surface area contributed by atoms with Crippen LogP contribution in [0.5, 0.6) is 0 Å². The van der Waals surface area contributed by atoms with Gasteiger partial charge >= 0.3 is 39.9 Å². The molecular formula is C48H67Br3GdN8O5+. The molecule has 4 atom stereocenters. The van der Waals surface area contributed by atoms with Crippen molar-refractivity contribution in [3.63, 3.8) is 0 Å². The van der Waals surface area contributed by atoms with Crippen LogP contribution in [0.15, 0.2) is 121 Å². The standard InChI is InChI=1S/C48H64N8O4.3BrH.Gd.H2O/c1-37(41-17-9-5-10-18-41)49-45(57)33-53-25-27-54(34-46(58)50-38(2)42-19-11-6-12-20-42)29-31-56(36-48(60)52-40(4)44-23-15-8-16-24-44)32-30-55(28-26-53)35-47(59)51-39(3)43-21-13-7-14-22-43;;;;;/h5-24,37-40H,25-36H2,1-4H3,(H,49,57)(H,50,58)(H,51,59)(H,52,60);3*1H;;1H2/q;;;;+3;/p-2/t37-,38-,39-,40-;;;;;/m0...../s1. The van der Waals surface area contributed by atoms with Crippen molar-refractivity contribution in [1.29, 1.82) is 0 Å². The second-order valence-corrected chi connectivity index (χ2v) is 15.9. The van der Waals surface area contributed by atoms with Gasteiger partial charge in [-0.3, -0.25) is 38.8 Å². The van der Waals surface area contributed by atoms with Gasteiger partial charge in [0.05, 0.1) is 50.3 Å². The number of carbonyl (C=O) groups is 4. The third-order valence-electron chi connectivity index (χ3n) is 11.1. The van der Waals surface area contributed by atoms with Gasteiger partial charge in [-0.2, -0.15) is 0 Å². The molecule has 17 heteroatoms. The molecule has 4 aromatic rings. The number of nitrogens with one attached hydrogen (secondary N) is 4. The number of amides is 4.